The Kier molecular flexibility index (Phi) is 5.90. The van der Waals surface area contributed by atoms with E-state index in [2.05, 4.69) is 22.3 Å². The molecule has 2 heterocycles. The number of fused-ring (bicyclic) bond motifs is 1. The van der Waals surface area contributed by atoms with Gasteiger partial charge in [0.05, 0.1) is 6.33 Å². The van der Waals surface area contributed by atoms with E-state index in [0.717, 1.165) is 25.1 Å². The molecule has 7 nitrogen and oxygen atoms in total. The van der Waals surface area contributed by atoms with Crippen LogP contribution >= 0.6 is 0 Å². The second kappa shape index (κ2) is 8.11. The number of amides is 1. The smallest absolute Gasteiger partial charge is 0.404 e. The third-order valence-corrected chi connectivity index (χ3v) is 3.15. The third kappa shape index (κ3) is 4.94. The highest BCUT2D eigenvalue weighted by Gasteiger charge is 2.06. The number of hydrogen-bond acceptors (Lipinski definition) is 4. The van der Waals surface area contributed by atoms with Crippen LogP contribution in [0.5, 0.6) is 5.75 Å². The fourth-order valence-electron chi connectivity index (χ4n) is 1.93. The number of aryl methyl sites for hydroxylation is 1. The van der Waals surface area contributed by atoms with Crippen molar-refractivity contribution in [1.29, 1.82) is 0 Å². The van der Waals surface area contributed by atoms with Gasteiger partial charge in [0.25, 0.3) is 0 Å². The monoisotopic (exact) mass is 322 g/mol. The van der Waals surface area contributed by atoms with Gasteiger partial charge in [-0.3, -0.25) is 0 Å². The van der Waals surface area contributed by atoms with Gasteiger partial charge in [-0.25, -0.2) is 18.7 Å². The number of pyridine rings is 1. The summed E-state index contributed by atoms with van der Waals surface area (Å²) in [5, 5.41) is 14.9. The number of rotatable bonds is 8. The normalized spacial score (nSPS) is 11.7. The molecule has 23 heavy (non-hydrogen) atoms. The zero-order valence-corrected chi connectivity index (χ0v) is 12.8. The van der Waals surface area contributed by atoms with E-state index in [9.17, 15) is 9.18 Å². The van der Waals surface area contributed by atoms with Crippen LogP contribution in [-0.2, 0) is 6.42 Å². The van der Waals surface area contributed by atoms with Crippen molar-refractivity contribution in [3.8, 4) is 5.75 Å². The standard InChI is InChI=1S/C15H19FN4O3/c1-2-3-4-13-18-14-7-12(5-6-20(14)19-13)23-10-11(8-16)9-17-15(21)22/h5-8,17H,2-4,9-10H2,1H3,(H,21,22)/b11-8+. The highest BCUT2D eigenvalue weighted by Crippen LogP contribution is 2.15. The molecule has 0 aromatic carbocycles. The first kappa shape index (κ1) is 16.7. The molecule has 0 radical (unpaired) electrons. The molecule has 0 aliphatic carbocycles. The number of ether oxygens (including phenoxy) is 1. The maximum atomic E-state index is 12.7. The number of nitrogens with one attached hydrogen (secondary N) is 1. The average Bonchev–Trinajstić information content (AvgIpc) is 2.94. The maximum absolute atomic E-state index is 12.7. The van der Waals surface area contributed by atoms with Crippen LogP contribution in [0.15, 0.2) is 30.2 Å². The fraction of sp³-hybridized carbons (Fsp3) is 0.400. The van der Waals surface area contributed by atoms with Crippen molar-refractivity contribution in [1.82, 2.24) is 19.9 Å². The van der Waals surface area contributed by atoms with Crippen LogP contribution in [0.2, 0.25) is 0 Å². The van der Waals surface area contributed by atoms with Crippen LogP contribution in [0.3, 0.4) is 0 Å². The van der Waals surface area contributed by atoms with E-state index in [0.29, 0.717) is 17.7 Å². The zero-order valence-electron chi connectivity index (χ0n) is 12.8. The van der Waals surface area contributed by atoms with Crippen molar-refractivity contribution in [2.24, 2.45) is 0 Å². The van der Waals surface area contributed by atoms with E-state index >= 15 is 0 Å². The summed E-state index contributed by atoms with van der Waals surface area (Å²) in [5.74, 6) is 1.29. The van der Waals surface area contributed by atoms with E-state index in [4.69, 9.17) is 9.84 Å². The Bertz CT molecular complexity index is 699. The van der Waals surface area contributed by atoms with Crippen molar-refractivity contribution in [3.05, 3.63) is 36.1 Å². The molecule has 0 bridgehead atoms. The summed E-state index contributed by atoms with van der Waals surface area (Å²) in [7, 11) is 0. The van der Waals surface area contributed by atoms with Crippen molar-refractivity contribution < 1.29 is 19.0 Å². The van der Waals surface area contributed by atoms with E-state index in [1.807, 2.05) is 0 Å². The first-order valence-corrected chi connectivity index (χ1v) is 7.35. The largest absolute Gasteiger partial charge is 0.489 e. The maximum Gasteiger partial charge on any atom is 0.404 e. The highest BCUT2D eigenvalue weighted by atomic mass is 19.1. The second-order valence-electron chi connectivity index (χ2n) is 5.01. The molecular weight excluding hydrogens is 303 g/mol. The van der Waals surface area contributed by atoms with Gasteiger partial charge in [-0.15, -0.1) is 0 Å². The molecule has 124 valence electrons. The van der Waals surface area contributed by atoms with Crippen LogP contribution < -0.4 is 10.1 Å². The number of halogens is 1. The van der Waals surface area contributed by atoms with Crippen molar-refractivity contribution in [3.63, 3.8) is 0 Å². The molecule has 0 unspecified atom stereocenters. The lowest BCUT2D eigenvalue weighted by atomic mass is 10.2. The lowest BCUT2D eigenvalue weighted by Gasteiger charge is -2.08. The first-order valence-electron chi connectivity index (χ1n) is 7.35. The Morgan fingerprint density at radius 1 is 1.57 bits per heavy atom. The summed E-state index contributed by atoms with van der Waals surface area (Å²) in [5.41, 5.74) is 0.848. The number of nitrogens with zero attached hydrogens (tertiary/aromatic N) is 3. The number of carboxylic acid groups (broad SMARTS) is 1. The van der Waals surface area contributed by atoms with E-state index in [-0.39, 0.29) is 18.7 Å². The molecule has 2 aromatic heterocycles. The molecule has 2 N–H and O–H groups in total. The Labute approximate surface area is 132 Å². The quantitative estimate of drug-likeness (QED) is 0.780. The molecule has 0 saturated carbocycles. The van der Waals surface area contributed by atoms with E-state index in [1.54, 1.807) is 22.8 Å². The molecule has 0 fully saturated rings. The van der Waals surface area contributed by atoms with Crippen LogP contribution in [0.1, 0.15) is 25.6 Å². The molecule has 0 spiro atoms. The minimum Gasteiger partial charge on any atom is -0.489 e. The Balaban J connectivity index is 1.98. The number of aromatic nitrogens is 3. The van der Waals surface area contributed by atoms with Crippen molar-refractivity contribution in [2.75, 3.05) is 13.2 Å². The molecule has 2 aromatic rings. The summed E-state index contributed by atoms with van der Waals surface area (Å²) in [4.78, 5) is 14.8. The van der Waals surface area contributed by atoms with Gasteiger partial charge in [0.15, 0.2) is 11.5 Å². The fourth-order valence-corrected chi connectivity index (χ4v) is 1.93. The van der Waals surface area contributed by atoms with Gasteiger partial charge in [-0.2, -0.15) is 5.10 Å². The average molecular weight is 322 g/mol. The minimum atomic E-state index is -1.21. The summed E-state index contributed by atoms with van der Waals surface area (Å²) >= 11 is 0. The lowest BCUT2D eigenvalue weighted by Crippen LogP contribution is -2.25. The molecule has 0 aliphatic heterocycles. The second-order valence-corrected chi connectivity index (χ2v) is 5.01. The van der Waals surface area contributed by atoms with Gasteiger partial charge in [0.2, 0.25) is 0 Å². The number of hydrogen-bond donors (Lipinski definition) is 2. The molecule has 0 atom stereocenters. The van der Waals surface area contributed by atoms with Gasteiger partial charge >= 0.3 is 6.09 Å². The number of unbranched alkanes of at least 4 members (excludes halogenated alkanes) is 1. The van der Waals surface area contributed by atoms with Crippen LogP contribution in [0, 0.1) is 0 Å². The summed E-state index contributed by atoms with van der Waals surface area (Å²) in [6.45, 7) is 1.93. The molecule has 2 rings (SSSR count). The summed E-state index contributed by atoms with van der Waals surface area (Å²) in [6, 6.07) is 3.41. The summed E-state index contributed by atoms with van der Waals surface area (Å²) < 4.78 is 19.8. The Morgan fingerprint density at radius 3 is 3.09 bits per heavy atom. The summed E-state index contributed by atoms with van der Waals surface area (Å²) in [6.07, 6.45) is 3.78. The van der Waals surface area contributed by atoms with Crippen LogP contribution in [-0.4, -0.2) is 38.9 Å². The van der Waals surface area contributed by atoms with Crippen molar-refractivity contribution in [2.45, 2.75) is 26.2 Å². The van der Waals surface area contributed by atoms with Crippen LogP contribution in [0.4, 0.5) is 9.18 Å². The van der Waals surface area contributed by atoms with E-state index < -0.39 is 6.09 Å². The third-order valence-electron chi connectivity index (χ3n) is 3.15. The van der Waals surface area contributed by atoms with E-state index in [1.165, 1.54) is 0 Å². The Hall–Kier alpha value is -2.64. The zero-order chi connectivity index (χ0) is 16.7. The van der Waals surface area contributed by atoms with Crippen molar-refractivity contribution >= 4 is 11.7 Å². The van der Waals surface area contributed by atoms with Gasteiger partial charge < -0.3 is 15.2 Å². The van der Waals surface area contributed by atoms with Gasteiger partial charge in [-0.1, -0.05) is 13.3 Å². The Morgan fingerprint density at radius 2 is 2.39 bits per heavy atom. The predicted octanol–water partition coefficient (Wildman–Crippen LogP) is 2.57. The van der Waals surface area contributed by atoms with Gasteiger partial charge in [0.1, 0.15) is 12.4 Å². The first-order chi connectivity index (χ1) is 11.1. The molecule has 1 amide bonds. The van der Waals surface area contributed by atoms with Gasteiger partial charge in [0, 0.05) is 30.8 Å². The lowest BCUT2D eigenvalue weighted by molar-refractivity contribution is 0.195. The minimum absolute atomic E-state index is 0.0518. The molecule has 0 aliphatic rings. The molecule has 8 heteroatoms. The molecule has 0 saturated heterocycles. The predicted molar refractivity (Wildman–Crippen MR) is 82.3 cm³/mol. The van der Waals surface area contributed by atoms with Crippen LogP contribution in [0.25, 0.3) is 5.65 Å². The molecular formula is C15H19FN4O3. The number of carbonyl (C=O) groups is 1. The topological polar surface area (TPSA) is 88.8 Å². The van der Waals surface area contributed by atoms with Gasteiger partial charge in [-0.05, 0) is 12.5 Å². The SMILES string of the molecule is CCCCc1nc2cc(OC/C(=C/F)CNC(=O)O)ccn2n1. The highest BCUT2D eigenvalue weighted by molar-refractivity contribution is 5.64.